The molecule has 0 fully saturated rings. The van der Waals surface area contributed by atoms with Gasteiger partial charge in [0.05, 0.1) is 22.2 Å². The molecule has 0 bridgehead atoms. The van der Waals surface area contributed by atoms with Gasteiger partial charge in [-0.1, -0.05) is 18.2 Å². The maximum Gasteiger partial charge on any atom is 0.270 e. The molecule has 19 heavy (non-hydrogen) atoms. The van der Waals surface area contributed by atoms with E-state index < -0.39 is 4.92 Å². The normalized spacial score (nSPS) is 10.3. The molecule has 0 amide bonds. The zero-order chi connectivity index (χ0) is 13.7. The van der Waals surface area contributed by atoms with Crippen LogP contribution in [0.2, 0.25) is 0 Å². The quantitative estimate of drug-likeness (QED) is 0.477. The van der Waals surface area contributed by atoms with E-state index in [1.54, 1.807) is 36.4 Å². The minimum Gasteiger partial charge on any atom is -0.258 e. The molecule has 0 aliphatic heterocycles. The van der Waals surface area contributed by atoms with E-state index in [4.69, 9.17) is 5.26 Å². The number of hydrogen-bond donors (Lipinski definition) is 0. The van der Waals surface area contributed by atoms with Gasteiger partial charge in [0.15, 0.2) is 0 Å². The van der Waals surface area contributed by atoms with Crippen LogP contribution in [0.3, 0.4) is 0 Å². The molecular weight excluding hydrogens is 242 g/mol. The monoisotopic (exact) mass is 251 g/mol. The number of aliphatic imine (C=N–C) groups is 1. The summed E-state index contributed by atoms with van der Waals surface area (Å²) in [7, 11) is 0. The molecule has 0 spiro atoms. The lowest BCUT2D eigenvalue weighted by molar-refractivity contribution is -0.384. The number of rotatable bonds is 3. The molecule has 0 atom stereocenters. The molecule has 0 unspecified atom stereocenters. The van der Waals surface area contributed by atoms with E-state index in [1.807, 2.05) is 6.07 Å². The average Bonchev–Trinajstić information content (AvgIpc) is 2.45. The Morgan fingerprint density at radius 3 is 2.74 bits per heavy atom. The predicted octanol–water partition coefficient (Wildman–Crippen LogP) is 3.22. The van der Waals surface area contributed by atoms with Gasteiger partial charge in [0.1, 0.15) is 0 Å². The predicted molar refractivity (Wildman–Crippen MR) is 71.5 cm³/mol. The van der Waals surface area contributed by atoms with E-state index in [0.29, 0.717) is 16.8 Å². The topological polar surface area (TPSA) is 79.3 Å². The number of nitro groups is 1. The smallest absolute Gasteiger partial charge is 0.258 e. The van der Waals surface area contributed by atoms with Gasteiger partial charge in [0.2, 0.25) is 0 Å². The molecule has 2 aromatic carbocycles. The Morgan fingerprint density at radius 2 is 2.00 bits per heavy atom. The molecule has 0 heterocycles. The maximum atomic E-state index is 10.6. The van der Waals surface area contributed by atoms with Gasteiger partial charge in [-0.3, -0.25) is 15.1 Å². The summed E-state index contributed by atoms with van der Waals surface area (Å²) in [6, 6.07) is 15.0. The molecule has 0 radical (unpaired) electrons. The highest BCUT2D eigenvalue weighted by molar-refractivity contribution is 5.82. The molecule has 0 aliphatic rings. The van der Waals surface area contributed by atoms with Crippen LogP contribution in [-0.2, 0) is 0 Å². The standard InChI is InChI=1S/C14H9N3O2/c15-9-11-3-1-5-13(7-11)16-10-12-4-2-6-14(8-12)17(18)19/h1-8,10H. The fourth-order valence-electron chi connectivity index (χ4n) is 1.52. The van der Waals surface area contributed by atoms with E-state index in [1.165, 1.54) is 18.3 Å². The Hall–Kier alpha value is -3.00. The molecule has 92 valence electrons. The SMILES string of the molecule is N#Cc1cccc(N=Cc2cccc([N+](=O)[O-])c2)c1. The van der Waals surface area contributed by atoms with Crippen LogP contribution in [0.15, 0.2) is 53.5 Å². The van der Waals surface area contributed by atoms with Crippen LogP contribution in [0.25, 0.3) is 0 Å². The van der Waals surface area contributed by atoms with Gasteiger partial charge in [-0.25, -0.2) is 0 Å². The van der Waals surface area contributed by atoms with Crippen molar-refractivity contribution in [3.05, 3.63) is 69.8 Å². The summed E-state index contributed by atoms with van der Waals surface area (Å²) in [6.45, 7) is 0. The lowest BCUT2D eigenvalue weighted by atomic mass is 10.2. The minimum absolute atomic E-state index is 0.0229. The van der Waals surface area contributed by atoms with Gasteiger partial charge < -0.3 is 0 Å². The summed E-state index contributed by atoms with van der Waals surface area (Å²) >= 11 is 0. The van der Waals surface area contributed by atoms with Crippen molar-refractivity contribution >= 4 is 17.6 Å². The maximum absolute atomic E-state index is 10.6. The molecule has 2 aromatic rings. The second-order valence-electron chi connectivity index (χ2n) is 3.77. The number of nitro benzene ring substituents is 1. The van der Waals surface area contributed by atoms with Crippen molar-refractivity contribution in [2.75, 3.05) is 0 Å². The fourth-order valence-corrected chi connectivity index (χ4v) is 1.52. The largest absolute Gasteiger partial charge is 0.270 e. The van der Waals surface area contributed by atoms with Crippen molar-refractivity contribution in [1.82, 2.24) is 0 Å². The summed E-state index contributed by atoms with van der Waals surface area (Å²) in [5, 5.41) is 19.4. The molecule has 5 nitrogen and oxygen atoms in total. The van der Waals surface area contributed by atoms with Crippen molar-refractivity contribution in [3.63, 3.8) is 0 Å². The first-order chi connectivity index (χ1) is 9.19. The van der Waals surface area contributed by atoms with Gasteiger partial charge in [-0.05, 0) is 23.8 Å². The number of nitriles is 1. The highest BCUT2D eigenvalue weighted by Crippen LogP contribution is 2.15. The Kier molecular flexibility index (Phi) is 3.64. The molecular formula is C14H9N3O2. The molecule has 0 aromatic heterocycles. The Labute approximate surface area is 109 Å². The van der Waals surface area contributed by atoms with E-state index in [2.05, 4.69) is 4.99 Å². The summed E-state index contributed by atoms with van der Waals surface area (Å²) in [5.74, 6) is 0. The van der Waals surface area contributed by atoms with Gasteiger partial charge in [-0.15, -0.1) is 0 Å². The summed E-state index contributed by atoms with van der Waals surface area (Å²) in [4.78, 5) is 14.4. The number of benzene rings is 2. The van der Waals surface area contributed by atoms with Crippen LogP contribution in [0, 0.1) is 21.4 Å². The van der Waals surface area contributed by atoms with E-state index >= 15 is 0 Å². The summed E-state index contributed by atoms with van der Waals surface area (Å²) in [6.07, 6.45) is 1.53. The van der Waals surface area contributed by atoms with Gasteiger partial charge in [-0.2, -0.15) is 5.26 Å². The summed E-state index contributed by atoms with van der Waals surface area (Å²) < 4.78 is 0. The van der Waals surface area contributed by atoms with Gasteiger partial charge >= 0.3 is 0 Å². The highest BCUT2D eigenvalue weighted by Gasteiger charge is 2.03. The first-order valence-electron chi connectivity index (χ1n) is 5.48. The molecule has 0 N–H and O–H groups in total. The van der Waals surface area contributed by atoms with E-state index in [-0.39, 0.29) is 5.69 Å². The lowest BCUT2D eigenvalue weighted by Crippen LogP contribution is -1.89. The number of hydrogen-bond acceptors (Lipinski definition) is 4. The van der Waals surface area contributed by atoms with E-state index in [9.17, 15) is 10.1 Å². The second kappa shape index (κ2) is 5.56. The molecule has 0 aliphatic carbocycles. The summed E-state index contributed by atoms with van der Waals surface area (Å²) in [5.41, 5.74) is 1.81. The van der Waals surface area contributed by atoms with Crippen LogP contribution in [0.1, 0.15) is 11.1 Å². The lowest BCUT2D eigenvalue weighted by Gasteiger charge is -1.95. The van der Waals surface area contributed by atoms with Gasteiger partial charge in [0, 0.05) is 18.3 Å². The molecule has 5 heteroatoms. The first kappa shape index (κ1) is 12.5. The Balaban J connectivity index is 2.25. The minimum atomic E-state index is -0.451. The Bertz CT molecular complexity index is 687. The number of non-ortho nitro benzene ring substituents is 1. The first-order valence-corrected chi connectivity index (χ1v) is 5.48. The third-order valence-electron chi connectivity index (χ3n) is 2.42. The van der Waals surface area contributed by atoms with Crippen molar-refractivity contribution in [2.45, 2.75) is 0 Å². The number of nitrogens with zero attached hydrogens (tertiary/aromatic N) is 3. The molecule has 2 rings (SSSR count). The zero-order valence-corrected chi connectivity index (χ0v) is 9.85. The van der Waals surface area contributed by atoms with Gasteiger partial charge in [0.25, 0.3) is 5.69 Å². The van der Waals surface area contributed by atoms with Crippen LogP contribution in [0.5, 0.6) is 0 Å². The molecule has 0 saturated heterocycles. The fraction of sp³-hybridized carbons (Fsp3) is 0. The third kappa shape index (κ3) is 3.23. The zero-order valence-electron chi connectivity index (χ0n) is 9.85. The average molecular weight is 251 g/mol. The van der Waals surface area contributed by atoms with Crippen LogP contribution in [0.4, 0.5) is 11.4 Å². The van der Waals surface area contributed by atoms with Crippen molar-refractivity contribution in [2.24, 2.45) is 4.99 Å². The van der Waals surface area contributed by atoms with Crippen molar-refractivity contribution in [3.8, 4) is 6.07 Å². The highest BCUT2D eigenvalue weighted by atomic mass is 16.6. The third-order valence-corrected chi connectivity index (χ3v) is 2.42. The van der Waals surface area contributed by atoms with Crippen LogP contribution in [-0.4, -0.2) is 11.1 Å². The van der Waals surface area contributed by atoms with Crippen LogP contribution >= 0.6 is 0 Å². The van der Waals surface area contributed by atoms with Crippen molar-refractivity contribution in [1.29, 1.82) is 5.26 Å². The van der Waals surface area contributed by atoms with Crippen LogP contribution < -0.4 is 0 Å². The molecule has 0 saturated carbocycles. The van der Waals surface area contributed by atoms with E-state index in [0.717, 1.165) is 0 Å². The second-order valence-corrected chi connectivity index (χ2v) is 3.77. The van der Waals surface area contributed by atoms with Crippen molar-refractivity contribution < 1.29 is 4.92 Å². The Morgan fingerprint density at radius 1 is 1.21 bits per heavy atom.